The number of nitrogens with one attached hydrogen (secondary N) is 2. The molecule has 1 unspecified atom stereocenters. The zero-order chi connectivity index (χ0) is 14.1. The maximum atomic E-state index is 11.4. The van der Waals surface area contributed by atoms with Crippen LogP contribution in [0.3, 0.4) is 0 Å². The van der Waals surface area contributed by atoms with Crippen molar-refractivity contribution >= 4 is 21.6 Å². The summed E-state index contributed by atoms with van der Waals surface area (Å²) in [4.78, 5) is 8.49. The van der Waals surface area contributed by atoms with Crippen molar-refractivity contribution in [1.82, 2.24) is 9.97 Å². The molecule has 19 heavy (non-hydrogen) atoms. The lowest BCUT2D eigenvalue weighted by Crippen LogP contribution is -2.28. The fourth-order valence-electron chi connectivity index (χ4n) is 1.95. The summed E-state index contributed by atoms with van der Waals surface area (Å²) in [7, 11) is -2.88. The second-order valence-electron chi connectivity index (χ2n) is 5.88. The van der Waals surface area contributed by atoms with Crippen LogP contribution in [-0.4, -0.2) is 41.5 Å². The minimum absolute atomic E-state index is 0.0533. The summed E-state index contributed by atoms with van der Waals surface area (Å²) in [6.45, 7) is 6.08. The minimum atomic E-state index is -2.88. The summed E-state index contributed by atoms with van der Waals surface area (Å²) in [5.74, 6) is 1.63. The van der Waals surface area contributed by atoms with Gasteiger partial charge in [-0.25, -0.2) is 13.4 Å². The molecule has 6 nitrogen and oxygen atoms in total. The third-order valence-electron chi connectivity index (χ3n) is 2.73. The van der Waals surface area contributed by atoms with Crippen LogP contribution in [0.5, 0.6) is 0 Å². The van der Waals surface area contributed by atoms with Crippen molar-refractivity contribution in [2.24, 2.45) is 0 Å². The maximum Gasteiger partial charge on any atom is 0.224 e. The van der Waals surface area contributed by atoms with E-state index in [0.29, 0.717) is 18.2 Å². The van der Waals surface area contributed by atoms with Gasteiger partial charge in [0.1, 0.15) is 5.82 Å². The summed E-state index contributed by atoms with van der Waals surface area (Å²) in [6.07, 6.45) is 2.29. The van der Waals surface area contributed by atoms with Gasteiger partial charge in [-0.3, -0.25) is 0 Å². The first kappa shape index (κ1) is 14.0. The Morgan fingerprint density at radius 1 is 1.37 bits per heavy atom. The lowest BCUT2D eigenvalue weighted by molar-refractivity contribution is 0.602. The first-order chi connectivity index (χ1) is 8.73. The molecule has 2 rings (SSSR count). The molecule has 0 saturated carbocycles. The first-order valence-electron chi connectivity index (χ1n) is 6.32. The van der Waals surface area contributed by atoms with Crippen LogP contribution in [0.25, 0.3) is 0 Å². The van der Waals surface area contributed by atoms with E-state index in [4.69, 9.17) is 0 Å². The van der Waals surface area contributed by atoms with Crippen LogP contribution in [0.1, 0.15) is 27.2 Å². The molecule has 1 aliphatic rings. The summed E-state index contributed by atoms with van der Waals surface area (Å²) in [5, 5.41) is 6.33. The zero-order valence-electron chi connectivity index (χ0n) is 11.5. The highest BCUT2D eigenvalue weighted by Gasteiger charge is 2.28. The van der Waals surface area contributed by atoms with Crippen molar-refractivity contribution in [3.63, 3.8) is 0 Å². The van der Waals surface area contributed by atoms with Crippen molar-refractivity contribution < 1.29 is 8.42 Å². The fourth-order valence-corrected chi connectivity index (χ4v) is 3.63. The number of rotatable bonds is 3. The Labute approximate surface area is 114 Å². The second-order valence-corrected chi connectivity index (χ2v) is 8.11. The molecule has 0 aromatic carbocycles. The highest BCUT2D eigenvalue weighted by molar-refractivity contribution is 7.91. The molecule has 2 N–H and O–H groups in total. The van der Waals surface area contributed by atoms with Crippen molar-refractivity contribution in [3.05, 3.63) is 12.3 Å². The average Bonchev–Trinajstić information content (AvgIpc) is 2.56. The predicted octanol–water partition coefficient (Wildman–Crippen LogP) is 1.29. The van der Waals surface area contributed by atoms with Crippen molar-refractivity contribution in [2.45, 2.75) is 38.8 Å². The van der Waals surface area contributed by atoms with Crippen LogP contribution in [0.15, 0.2) is 12.3 Å². The summed E-state index contributed by atoms with van der Waals surface area (Å²) >= 11 is 0. The molecule has 106 valence electrons. The van der Waals surface area contributed by atoms with E-state index >= 15 is 0 Å². The van der Waals surface area contributed by atoms with Crippen LogP contribution in [0.2, 0.25) is 0 Å². The Balaban J connectivity index is 2.04. The Hall–Kier alpha value is -1.37. The van der Waals surface area contributed by atoms with E-state index in [9.17, 15) is 8.42 Å². The molecule has 1 aromatic heterocycles. The van der Waals surface area contributed by atoms with E-state index < -0.39 is 9.84 Å². The second kappa shape index (κ2) is 4.96. The van der Waals surface area contributed by atoms with Crippen molar-refractivity contribution in [1.29, 1.82) is 0 Å². The first-order valence-corrected chi connectivity index (χ1v) is 8.14. The van der Waals surface area contributed by atoms with Gasteiger partial charge in [-0.2, -0.15) is 4.98 Å². The lowest BCUT2D eigenvalue weighted by atomic mass is 10.1. The minimum Gasteiger partial charge on any atom is -0.366 e. The summed E-state index contributed by atoms with van der Waals surface area (Å²) in [5.41, 5.74) is -0.116. The highest BCUT2D eigenvalue weighted by atomic mass is 32.2. The monoisotopic (exact) mass is 284 g/mol. The molecule has 2 heterocycles. The van der Waals surface area contributed by atoms with Crippen LogP contribution >= 0.6 is 0 Å². The number of aromatic nitrogens is 2. The van der Waals surface area contributed by atoms with Crippen LogP contribution in [0, 0.1) is 0 Å². The normalized spacial score (nSPS) is 22.2. The van der Waals surface area contributed by atoms with Crippen LogP contribution < -0.4 is 10.6 Å². The Morgan fingerprint density at radius 3 is 2.68 bits per heavy atom. The van der Waals surface area contributed by atoms with Crippen LogP contribution in [0.4, 0.5) is 11.8 Å². The molecular formula is C12H20N4O2S. The third-order valence-corrected chi connectivity index (χ3v) is 4.49. The summed E-state index contributed by atoms with van der Waals surface area (Å²) < 4.78 is 22.8. The van der Waals surface area contributed by atoms with Gasteiger partial charge in [0.05, 0.1) is 11.5 Å². The molecule has 1 saturated heterocycles. The van der Waals surface area contributed by atoms with E-state index in [1.807, 2.05) is 20.8 Å². The van der Waals surface area contributed by atoms with Crippen molar-refractivity contribution in [3.8, 4) is 0 Å². The van der Waals surface area contributed by atoms with E-state index in [1.54, 1.807) is 12.3 Å². The molecule has 1 aliphatic heterocycles. The molecule has 1 aromatic rings. The molecular weight excluding hydrogens is 264 g/mol. The van der Waals surface area contributed by atoms with E-state index in [-0.39, 0.29) is 23.1 Å². The average molecular weight is 284 g/mol. The van der Waals surface area contributed by atoms with Gasteiger partial charge in [0.2, 0.25) is 5.95 Å². The smallest absolute Gasteiger partial charge is 0.224 e. The number of hydrogen-bond donors (Lipinski definition) is 2. The largest absolute Gasteiger partial charge is 0.366 e. The number of nitrogens with zero attached hydrogens (tertiary/aromatic N) is 2. The molecule has 1 fully saturated rings. The van der Waals surface area contributed by atoms with Gasteiger partial charge in [-0.15, -0.1) is 0 Å². The van der Waals surface area contributed by atoms with E-state index in [1.165, 1.54) is 0 Å². The van der Waals surface area contributed by atoms with Gasteiger partial charge in [-0.1, -0.05) is 0 Å². The van der Waals surface area contributed by atoms with Gasteiger partial charge in [0.25, 0.3) is 0 Å². The quantitative estimate of drug-likeness (QED) is 0.870. The maximum absolute atomic E-state index is 11.4. The third kappa shape index (κ3) is 4.34. The molecule has 1 atom stereocenters. The number of hydrogen-bond acceptors (Lipinski definition) is 6. The lowest BCUT2D eigenvalue weighted by Gasteiger charge is -2.21. The molecule has 0 aliphatic carbocycles. The zero-order valence-corrected chi connectivity index (χ0v) is 12.3. The molecule has 0 spiro atoms. The molecule has 0 bridgehead atoms. The van der Waals surface area contributed by atoms with Gasteiger partial charge < -0.3 is 10.6 Å². The standard InChI is InChI=1S/C12H20N4O2S/c1-12(2,3)16-11-13-6-4-10(15-11)14-9-5-7-19(17,18)8-9/h4,6,9H,5,7-8H2,1-3H3,(H2,13,14,15,16). The van der Waals surface area contributed by atoms with Gasteiger partial charge in [0.15, 0.2) is 9.84 Å². The Kier molecular flexibility index (Phi) is 3.66. The van der Waals surface area contributed by atoms with Gasteiger partial charge in [0, 0.05) is 17.8 Å². The number of sulfone groups is 1. The summed E-state index contributed by atoms with van der Waals surface area (Å²) in [6, 6.07) is 1.70. The topological polar surface area (TPSA) is 84.0 Å². The SMILES string of the molecule is CC(C)(C)Nc1nccc(NC2CCS(=O)(=O)C2)n1. The van der Waals surface area contributed by atoms with Gasteiger partial charge in [-0.05, 0) is 33.3 Å². The van der Waals surface area contributed by atoms with E-state index in [0.717, 1.165) is 0 Å². The van der Waals surface area contributed by atoms with E-state index in [2.05, 4.69) is 20.6 Å². The highest BCUT2D eigenvalue weighted by Crippen LogP contribution is 2.17. The van der Waals surface area contributed by atoms with Gasteiger partial charge >= 0.3 is 0 Å². The Morgan fingerprint density at radius 2 is 2.11 bits per heavy atom. The van der Waals surface area contributed by atoms with Crippen LogP contribution in [-0.2, 0) is 9.84 Å². The molecule has 0 radical (unpaired) electrons. The Bertz CT molecular complexity index is 551. The molecule has 0 amide bonds. The predicted molar refractivity (Wildman–Crippen MR) is 76.1 cm³/mol. The number of anilines is 2. The fraction of sp³-hybridized carbons (Fsp3) is 0.667. The molecule has 7 heteroatoms. The van der Waals surface area contributed by atoms with Crippen molar-refractivity contribution in [2.75, 3.05) is 22.1 Å².